The summed E-state index contributed by atoms with van der Waals surface area (Å²) in [5.74, 6) is 0.297. The molecule has 8 nitrogen and oxygen atoms in total. The molecule has 2 heterocycles. The summed E-state index contributed by atoms with van der Waals surface area (Å²) in [4.78, 5) is 27.4. The summed E-state index contributed by atoms with van der Waals surface area (Å²) >= 11 is 1.47. The summed E-state index contributed by atoms with van der Waals surface area (Å²) in [6.45, 7) is 7.12. The number of hydrogen-bond acceptors (Lipinski definition) is 8. The van der Waals surface area contributed by atoms with E-state index in [9.17, 15) is 9.59 Å². The van der Waals surface area contributed by atoms with Crippen LogP contribution in [0, 0.1) is 0 Å². The second kappa shape index (κ2) is 11.6. The molecule has 9 heteroatoms. The van der Waals surface area contributed by atoms with Gasteiger partial charge in [-0.2, -0.15) is 0 Å². The summed E-state index contributed by atoms with van der Waals surface area (Å²) < 4.78 is 22.1. The van der Waals surface area contributed by atoms with Crippen LogP contribution in [-0.4, -0.2) is 58.0 Å². The Hall–Kier alpha value is -2.78. The molecule has 0 unspecified atom stereocenters. The van der Waals surface area contributed by atoms with Crippen molar-refractivity contribution in [3.8, 4) is 11.5 Å². The number of carbonyl (C=O) groups is 2. The zero-order valence-corrected chi connectivity index (χ0v) is 18.7. The van der Waals surface area contributed by atoms with Crippen LogP contribution in [0.4, 0.5) is 11.4 Å². The molecule has 1 N–H and O–H groups in total. The van der Waals surface area contributed by atoms with Gasteiger partial charge >= 0.3 is 5.97 Å². The Morgan fingerprint density at radius 1 is 1.13 bits per heavy atom. The number of nitrogens with one attached hydrogen (secondary N) is 1. The Morgan fingerprint density at radius 2 is 1.87 bits per heavy atom. The van der Waals surface area contributed by atoms with Crippen molar-refractivity contribution in [3.63, 3.8) is 0 Å². The van der Waals surface area contributed by atoms with Crippen LogP contribution in [0.25, 0.3) is 0 Å². The number of anilines is 2. The van der Waals surface area contributed by atoms with Crippen LogP contribution in [0.1, 0.15) is 18.7 Å². The van der Waals surface area contributed by atoms with Crippen LogP contribution in [0.5, 0.6) is 11.5 Å². The van der Waals surface area contributed by atoms with Gasteiger partial charge in [0.15, 0.2) is 6.61 Å². The van der Waals surface area contributed by atoms with Gasteiger partial charge in [0.25, 0.3) is 5.91 Å². The second-order valence-corrected chi connectivity index (χ2v) is 7.78. The first-order chi connectivity index (χ1) is 15.1. The maximum atomic E-state index is 12.4. The van der Waals surface area contributed by atoms with Gasteiger partial charge in [-0.15, -0.1) is 11.3 Å². The van der Waals surface area contributed by atoms with Crippen LogP contribution in [0.3, 0.4) is 0 Å². The first kappa shape index (κ1) is 22.9. The van der Waals surface area contributed by atoms with Gasteiger partial charge in [0, 0.05) is 30.1 Å². The lowest BCUT2D eigenvalue weighted by Crippen LogP contribution is -2.36. The zero-order valence-electron chi connectivity index (χ0n) is 17.8. The van der Waals surface area contributed by atoms with Crippen molar-refractivity contribution >= 4 is 34.6 Å². The molecule has 1 aromatic carbocycles. The van der Waals surface area contributed by atoms with Gasteiger partial charge in [-0.05, 0) is 25.3 Å². The third-order valence-electron chi connectivity index (χ3n) is 4.55. The SMILES string of the molecule is CCOc1cc(N2CCOCC2)c(OCC)cc1NC(=O)COC(=O)Cc1cccs1. The molecule has 1 aliphatic heterocycles. The van der Waals surface area contributed by atoms with Gasteiger partial charge in [-0.25, -0.2) is 0 Å². The van der Waals surface area contributed by atoms with Crippen molar-refractivity contribution in [2.75, 3.05) is 56.3 Å². The van der Waals surface area contributed by atoms with E-state index in [1.807, 2.05) is 37.4 Å². The number of esters is 1. The molecule has 2 aromatic rings. The van der Waals surface area contributed by atoms with E-state index >= 15 is 0 Å². The molecule has 0 spiro atoms. The van der Waals surface area contributed by atoms with Crippen molar-refractivity contribution in [1.82, 2.24) is 0 Å². The van der Waals surface area contributed by atoms with Crippen LogP contribution in [-0.2, 0) is 25.5 Å². The Balaban J connectivity index is 1.70. The third kappa shape index (κ3) is 6.60. The van der Waals surface area contributed by atoms with Crippen molar-refractivity contribution in [2.24, 2.45) is 0 Å². The van der Waals surface area contributed by atoms with Gasteiger partial charge in [0.2, 0.25) is 0 Å². The third-order valence-corrected chi connectivity index (χ3v) is 5.43. The summed E-state index contributed by atoms with van der Waals surface area (Å²) in [7, 11) is 0. The number of carbonyl (C=O) groups excluding carboxylic acids is 2. The van der Waals surface area contributed by atoms with E-state index in [4.69, 9.17) is 18.9 Å². The fourth-order valence-corrected chi connectivity index (χ4v) is 3.87. The highest BCUT2D eigenvalue weighted by molar-refractivity contribution is 7.10. The first-order valence-corrected chi connectivity index (χ1v) is 11.2. The smallest absolute Gasteiger partial charge is 0.311 e. The van der Waals surface area contributed by atoms with Crippen LogP contribution in [0.2, 0.25) is 0 Å². The highest BCUT2D eigenvalue weighted by atomic mass is 32.1. The standard InChI is InChI=1S/C22H28N2O6S/c1-3-28-19-14-18(24-7-9-27-10-8-24)20(29-4-2)13-17(19)23-21(25)15-30-22(26)12-16-6-5-11-31-16/h5-6,11,13-14H,3-4,7-10,12,15H2,1-2H3,(H,23,25). The molecule has 168 valence electrons. The normalized spacial score (nSPS) is 13.5. The monoisotopic (exact) mass is 448 g/mol. The number of amides is 1. The second-order valence-electron chi connectivity index (χ2n) is 6.75. The van der Waals surface area contributed by atoms with Crippen LogP contribution in [0.15, 0.2) is 29.6 Å². The Kier molecular flexibility index (Phi) is 8.54. The molecule has 0 aliphatic carbocycles. The average molecular weight is 449 g/mol. The number of ether oxygens (including phenoxy) is 4. The Morgan fingerprint density at radius 3 is 2.55 bits per heavy atom. The van der Waals surface area contributed by atoms with Crippen molar-refractivity contribution < 1.29 is 28.5 Å². The molecule has 0 radical (unpaired) electrons. The Labute approximate surface area is 186 Å². The van der Waals surface area contributed by atoms with Crippen molar-refractivity contribution in [3.05, 3.63) is 34.5 Å². The number of hydrogen-bond donors (Lipinski definition) is 1. The maximum Gasteiger partial charge on any atom is 0.311 e. The molecule has 0 bridgehead atoms. The minimum Gasteiger partial charge on any atom is -0.492 e. The van der Waals surface area contributed by atoms with E-state index < -0.39 is 11.9 Å². The predicted octanol–water partition coefficient (Wildman–Crippen LogP) is 3.11. The summed E-state index contributed by atoms with van der Waals surface area (Å²) in [6.07, 6.45) is 0.151. The highest BCUT2D eigenvalue weighted by Crippen LogP contribution is 2.39. The molecule has 1 amide bonds. The fraction of sp³-hybridized carbons (Fsp3) is 0.455. The largest absolute Gasteiger partial charge is 0.492 e. The zero-order chi connectivity index (χ0) is 22.1. The molecule has 0 saturated carbocycles. The van der Waals surface area contributed by atoms with E-state index in [1.165, 1.54) is 11.3 Å². The lowest BCUT2D eigenvalue weighted by Gasteiger charge is -2.31. The lowest BCUT2D eigenvalue weighted by molar-refractivity contribution is -0.146. The van der Waals surface area contributed by atoms with E-state index in [2.05, 4.69) is 10.2 Å². The topological polar surface area (TPSA) is 86.3 Å². The molecular weight excluding hydrogens is 420 g/mol. The minimum absolute atomic E-state index is 0.151. The van der Waals surface area contributed by atoms with Crippen LogP contribution < -0.4 is 19.7 Å². The van der Waals surface area contributed by atoms with Gasteiger partial charge in [-0.1, -0.05) is 6.07 Å². The quantitative estimate of drug-likeness (QED) is 0.559. The number of nitrogens with zero attached hydrogens (tertiary/aromatic N) is 1. The molecule has 1 aromatic heterocycles. The minimum atomic E-state index is -0.444. The highest BCUT2D eigenvalue weighted by Gasteiger charge is 2.21. The number of benzene rings is 1. The first-order valence-electron chi connectivity index (χ1n) is 10.3. The number of morpholine rings is 1. The molecule has 1 fully saturated rings. The van der Waals surface area contributed by atoms with Gasteiger partial charge in [0.1, 0.15) is 11.5 Å². The molecular formula is C22H28N2O6S. The average Bonchev–Trinajstić information content (AvgIpc) is 3.28. The number of thiophene rings is 1. The summed E-state index contributed by atoms with van der Waals surface area (Å²) in [5.41, 5.74) is 1.37. The van der Waals surface area contributed by atoms with Crippen molar-refractivity contribution in [1.29, 1.82) is 0 Å². The summed E-state index contributed by atoms with van der Waals surface area (Å²) in [5, 5.41) is 4.67. The predicted molar refractivity (Wildman–Crippen MR) is 119 cm³/mol. The van der Waals surface area contributed by atoms with Crippen molar-refractivity contribution in [2.45, 2.75) is 20.3 Å². The van der Waals surface area contributed by atoms with E-state index in [0.29, 0.717) is 43.6 Å². The van der Waals surface area contributed by atoms with E-state index in [0.717, 1.165) is 23.7 Å². The molecule has 3 rings (SSSR count). The van der Waals surface area contributed by atoms with Gasteiger partial charge < -0.3 is 29.2 Å². The Bertz CT molecular complexity index is 865. The fourth-order valence-electron chi connectivity index (χ4n) is 3.18. The summed E-state index contributed by atoms with van der Waals surface area (Å²) in [6, 6.07) is 7.35. The van der Waals surface area contributed by atoms with Crippen LogP contribution >= 0.6 is 11.3 Å². The van der Waals surface area contributed by atoms with E-state index in [-0.39, 0.29) is 13.0 Å². The van der Waals surface area contributed by atoms with E-state index in [1.54, 1.807) is 6.07 Å². The number of rotatable bonds is 10. The van der Waals surface area contributed by atoms with Gasteiger partial charge in [0.05, 0.1) is 44.2 Å². The molecule has 31 heavy (non-hydrogen) atoms. The maximum absolute atomic E-state index is 12.4. The molecule has 1 aliphatic rings. The van der Waals surface area contributed by atoms with Gasteiger partial charge in [-0.3, -0.25) is 9.59 Å². The molecule has 0 atom stereocenters. The molecule has 1 saturated heterocycles. The lowest BCUT2D eigenvalue weighted by atomic mass is 10.2.